The molecule has 21 nitrogen and oxygen atoms in total. The molecular weight excluding hydrogens is 879 g/mol. The number of β-lactam (4-membered cyclic amide) rings is 1. The first-order valence-corrected chi connectivity index (χ1v) is 22.9. The third kappa shape index (κ3) is 10.0. The first-order valence-electron chi connectivity index (χ1n) is 19.6. The van der Waals surface area contributed by atoms with E-state index in [9.17, 15) is 32.1 Å². The van der Waals surface area contributed by atoms with Crippen molar-refractivity contribution in [3.05, 3.63) is 107 Å². The second-order valence-electron chi connectivity index (χ2n) is 15.9. The zero-order valence-electron chi connectivity index (χ0n) is 34.0. The number of benzene rings is 2. The molecule has 1 saturated carbocycles. The molecule has 0 bridgehead atoms. The third-order valence-electron chi connectivity index (χ3n) is 10.00. The van der Waals surface area contributed by atoms with Gasteiger partial charge in [-0.2, -0.15) is 24.4 Å². The Morgan fingerprint density at radius 3 is 2.43 bits per heavy atom. The van der Waals surface area contributed by atoms with Gasteiger partial charge in [0.1, 0.15) is 23.9 Å². The lowest BCUT2D eigenvalue weighted by atomic mass is 9.98. The molecule has 5 heterocycles. The van der Waals surface area contributed by atoms with Crippen molar-refractivity contribution >= 4 is 68.1 Å². The molecule has 3 aromatic heterocycles. The first kappa shape index (κ1) is 43.4. The number of thiazole rings is 1. The van der Waals surface area contributed by atoms with Crippen molar-refractivity contribution in [1.82, 2.24) is 39.3 Å². The van der Waals surface area contributed by atoms with Crippen molar-refractivity contribution in [2.45, 2.75) is 93.6 Å². The van der Waals surface area contributed by atoms with Gasteiger partial charge in [-0.1, -0.05) is 65.8 Å². The molecule has 2 N–H and O–H groups in total. The quantitative estimate of drug-likeness (QED) is 0.0360. The van der Waals surface area contributed by atoms with E-state index in [0.29, 0.717) is 22.6 Å². The van der Waals surface area contributed by atoms with Gasteiger partial charge in [0.2, 0.25) is 11.9 Å². The lowest BCUT2D eigenvalue weighted by Crippen LogP contribution is -2.73. The molecule has 0 radical (unpaired) electrons. The van der Waals surface area contributed by atoms with Gasteiger partial charge in [0.15, 0.2) is 27.3 Å². The highest BCUT2D eigenvalue weighted by Crippen LogP contribution is 2.43. The molecule has 24 heteroatoms. The lowest BCUT2D eigenvalue weighted by Gasteiger charge is -2.46. The van der Waals surface area contributed by atoms with Gasteiger partial charge in [0.05, 0.1) is 36.3 Å². The summed E-state index contributed by atoms with van der Waals surface area (Å²) in [5, 5.41) is 19.3. The summed E-state index contributed by atoms with van der Waals surface area (Å²) >= 11 is 2.56. The smallest absolute Gasteiger partial charge is 0.413 e. The van der Waals surface area contributed by atoms with Crippen LogP contribution in [0.25, 0.3) is 0 Å². The molecule has 2 aliphatic heterocycles. The van der Waals surface area contributed by atoms with Gasteiger partial charge >= 0.3 is 18.4 Å². The third-order valence-corrected chi connectivity index (χ3v) is 12.9. The zero-order chi connectivity index (χ0) is 44.5. The Morgan fingerprint density at radius 1 is 1.10 bits per heavy atom. The fourth-order valence-corrected chi connectivity index (χ4v) is 9.40. The van der Waals surface area contributed by atoms with Gasteiger partial charge in [0, 0.05) is 24.0 Å². The second-order valence-corrected chi connectivity index (χ2v) is 19.3. The molecule has 8 rings (SSSR count). The van der Waals surface area contributed by atoms with Crippen LogP contribution in [-0.2, 0) is 64.4 Å². The first-order chi connectivity index (χ1) is 30.0. The Bertz CT molecular complexity index is 2580. The second kappa shape index (κ2) is 17.5. The van der Waals surface area contributed by atoms with E-state index in [0.717, 1.165) is 29.2 Å². The maximum absolute atomic E-state index is 14.2. The van der Waals surface area contributed by atoms with Crippen LogP contribution in [0, 0.1) is 0 Å². The highest BCUT2D eigenvalue weighted by atomic mass is 32.2. The van der Waals surface area contributed by atoms with E-state index in [1.54, 1.807) is 45.2 Å². The normalized spacial score (nSPS) is 19.3. The van der Waals surface area contributed by atoms with Gasteiger partial charge in [-0.25, -0.2) is 27.3 Å². The number of ether oxygens (including phenoxy) is 2. The number of fused-ring (bicyclic) bond motifs is 1. The van der Waals surface area contributed by atoms with Crippen LogP contribution in [0.15, 0.2) is 90.1 Å². The SMILES string of the molecule is CC(C)(C)OC(=O)Nc1nc(/C(=N\OC2(C(=O)OC(c3ccccc3)c3ccccc3)CC2)C(=O)N[C@@H]2C(=O)N(S(=O)(=O)[O-])[C@@H]2Cn2ncc(CSC3Cn4cnc[n+]4C3)n2)cs1. The molecule has 63 heavy (non-hydrogen) atoms. The van der Waals surface area contributed by atoms with E-state index in [4.69, 9.17) is 14.3 Å². The average Bonchev–Trinajstić information content (AvgIpc) is 3.62. The number of nitrogens with zero attached hydrogens (tertiary/aromatic N) is 9. The predicted octanol–water partition coefficient (Wildman–Crippen LogP) is 2.32. The van der Waals surface area contributed by atoms with Crippen molar-refractivity contribution in [2.24, 2.45) is 5.16 Å². The summed E-state index contributed by atoms with van der Waals surface area (Å²) in [5.74, 6) is -2.56. The topological polar surface area (TPSA) is 258 Å². The molecule has 1 saturated heterocycles. The largest absolute Gasteiger partial charge is 0.731 e. The van der Waals surface area contributed by atoms with Gasteiger partial charge < -0.3 is 24.2 Å². The summed E-state index contributed by atoms with van der Waals surface area (Å²) in [6.45, 7) is 6.17. The molecular formula is C39H41N11O10S3. The molecule has 0 unspecified atom stereocenters. The van der Waals surface area contributed by atoms with E-state index < -0.39 is 69.3 Å². The minimum Gasteiger partial charge on any atom is -0.731 e. The Balaban J connectivity index is 1.01. The minimum absolute atomic E-state index is 0.00628. The van der Waals surface area contributed by atoms with Crippen LogP contribution in [0.3, 0.4) is 0 Å². The number of thioether (sulfide) groups is 1. The van der Waals surface area contributed by atoms with E-state index in [1.807, 2.05) is 70.0 Å². The number of aromatic nitrogens is 7. The van der Waals surface area contributed by atoms with Crippen molar-refractivity contribution < 1.29 is 51.1 Å². The molecule has 3 amide bonds. The number of esters is 1. The summed E-state index contributed by atoms with van der Waals surface area (Å²) in [5.41, 5.74) is -1.13. The van der Waals surface area contributed by atoms with Crippen molar-refractivity contribution in [3.8, 4) is 0 Å². The number of nitrogens with one attached hydrogen (secondary N) is 2. The number of hydrogen-bond acceptors (Lipinski definition) is 17. The number of anilines is 1. The molecule has 3 aliphatic rings. The van der Waals surface area contributed by atoms with Crippen LogP contribution in [0.4, 0.5) is 9.93 Å². The van der Waals surface area contributed by atoms with Crippen LogP contribution < -0.4 is 15.3 Å². The summed E-state index contributed by atoms with van der Waals surface area (Å²) in [7, 11) is -5.33. The Kier molecular flexibility index (Phi) is 12.1. The zero-order valence-corrected chi connectivity index (χ0v) is 36.4. The van der Waals surface area contributed by atoms with Crippen molar-refractivity contribution in [1.29, 1.82) is 0 Å². The van der Waals surface area contributed by atoms with Crippen LogP contribution in [0.5, 0.6) is 0 Å². The number of carbonyl (C=O) groups is 4. The standard InChI is InChI=1S/C39H41N11O10S3/c1-38(2,3)59-37(54)44-36-42-28(21-62-36)30(46-60-39(14-15-39)35(53)58-32(24-10-6-4-7-11-24)25-12-8-5-9-13-25)33(51)43-31-29(50(34(31)52)63(55,56)57)19-49-41-16-26(45-49)20-61-27-17-47-22-40-23-48(47)18-27/h4-13,16,21-23,27,29,31-32H,14-15,17-20H2,1-3H3,(H2-,42,43,44,51,54,55,56,57)/b46-30+/t29-,31+/m1/s1. The summed E-state index contributed by atoms with van der Waals surface area (Å²) in [4.78, 5) is 69.3. The predicted molar refractivity (Wildman–Crippen MR) is 222 cm³/mol. The average molecular weight is 920 g/mol. The van der Waals surface area contributed by atoms with E-state index in [2.05, 4.69) is 36.0 Å². The maximum atomic E-state index is 14.2. The molecule has 2 fully saturated rings. The van der Waals surface area contributed by atoms with Gasteiger partial charge in [-0.3, -0.25) is 14.9 Å². The van der Waals surface area contributed by atoms with Crippen LogP contribution in [-0.4, -0.2) is 105 Å². The lowest BCUT2D eigenvalue weighted by molar-refractivity contribution is -0.758. The number of amides is 3. The number of rotatable bonds is 16. The van der Waals surface area contributed by atoms with E-state index >= 15 is 0 Å². The Labute approximate surface area is 368 Å². The monoisotopic (exact) mass is 919 g/mol. The summed E-state index contributed by atoms with van der Waals surface area (Å²) < 4.78 is 52.3. The number of oxime groups is 1. The van der Waals surface area contributed by atoms with E-state index in [1.165, 1.54) is 11.6 Å². The van der Waals surface area contributed by atoms with Gasteiger partial charge in [-0.05, 0) is 36.9 Å². The highest BCUT2D eigenvalue weighted by Gasteiger charge is 2.57. The van der Waals surface area contributed by atoms with E-state index in [-0.39, 0.29) is 39.8 Å². The number of hydrogen-bond donors (Lipinski definition) is 2. The fraction of sp³-hybridized carbons (Fsp3) is 0.385. The molecule has 0 spiro atoms. The number of carbonyl (C=O) groups excluding carboxylic acids is 4. The molecule has 2 aromatic carbocycles. The molecule has 2 atom stereocenters. The van der Waals surface area contributed by atoms with Gasteiger partial charge in [-0.15, -0.1) is 23.1 Å². The van der Waals surface area contributed by atoms with Gasteiger partial charge in [0.25, 0.3) is 11.8 Å². The van der Waals surface area contributed by atoms with Crippen LogP contribution in [0.1, 0.15) is 62.2 Å². The van der Waals surface area contributed by atoms with Crippen molar-refractivity contribution in [2.75, 3.05) is 5.32 Å². The molecule has 1 aliphatic carbocycles. The Morgan fingerprint density at radius 2 is 1.79 bits per heavy atom. The van der Waals surface area contributed by atoms with Crippen LogP contribution in [0.2, 0.25) is 0 Å². The fourth-order valence-electron chi connectivity index (χ4n) is 6.81. The Hall–Kier alpha value is -6.24. The molecule has 5 aromatic rings. The summed E-state index contributed by atoms with van der Waals surface area (Å²) in [6.07, 6.45) is 3.73. The van der Waals surface area contributed by atoms with Crippen molar-refractivity contribution in [3.63, 3.8) is 0 Å². The summed E-state index contributed by atoms with van der Waals surface area (Å²) in [6, 6.07) is 15.2. The highest BCUT2D eigenvalue weighted by molar-refractivity contribution is 7.99. The van der Waals surface area contributed by atoms with Crippen LogP contribution >= 0.6 is 23.1 Å². The molecule has 330 valence electrons. The minimum atomic E-state index is -5.33. The maximum Gasteiger partial charge on any atom is 0.413 e.